The maximum atomic E-state index is 14.5. The summed E-state index contributed by atoms with van der Waals surface area (Å²) in [4.78, 5) is 73.8. The van der Waals surface area contributed by atoms with Crippen molar-refractivity contribution in [2.45, 2.75) is 156 Å². The number of carbonyl (C=O) groups is 5. The standard InChI is InChI=1S/C44H75N5O8/c1-15-29(7)38(47(11)42(53)36(27(3)4)46-41(52)37(28(5)6)48(12)44(9,10)16-2)34(56-13)26-35(50)49-24-20-23-33(49)39(57-14)30(8)40(51)45-32(43(54)55)25-31-21-18-17-19-22-31/h17-19,21-22,27-30,32-34,36-39H,15-16,20,23-26H2,1-14H3,(H,45,51)(H,46,52)(H,54,55)/t29-,30+,32-,33-,34+,36-,37-,38-,39+/m0/s1. The van der Waals surface area contributed by atoms with Crippen molar-refractivity contribution in [1.29, 1.82) is 0 Å². The number of benzene rings is 1. The lowest BCUT2D eigenvalue weighted by Crippen LogP contribution is -2.61. The number of nitrogens with zero attached hydrogens (tertiary/aromatic N) is 3. The molecule has 13 nitrogen and oxygen atoms in total. The van der Waals surface area contributed by atoms with Gasteiger partial charge in [-0.25, -0.2) is 4.79 Å². The second kappa shape index (κ2) is 22.6. The van der Waals surface area contributed by atoms with E-state index >= 15 is 0 Å². The number of rotatable bonds is 23. The third kappa shape index (κ3) is 13.0. The number of likely N-dealkylation sites (tertiary alicyclic amines) is 1. The fourth-order valence-electron chi connectivity index (χ4n) is 8.18. The minimum atomic E-state index is -1.14. The maximum Gasteiger partial charge on any atom is 0.326 e. The SMILES string of the molecule is CC[C@H](C)[C@@H]([C@@H](CC(=O)N1CCC[C@H]1[C@H](OC)[C@@H](C)C(=O)N[C@@H](Cc1ccccc1)C(=O)O)OC)N(C)C(=O)[C@@H](NC(=O)[C@H](C(C)C)N(C)C(C)(C)CC)C(C)C. The number of aliphatic carboxylic acids is 1. The van der Waals surface area contributed by atoms with E-state index in [2.05, 4.69) is 36.3 Å². The molecule has 0 spiro atoms. The largest absolute Gasteiger partial charge is 0.480 e. The summed E-state index contributed by atoms with van der Waals surface area (Å²) >= 11 is 0. The first-order valence-corrected chi connectivity index (χ1v) is 20.9. The van der Waals surface area contributed by atoms with Crippen LogP contribution in [0.1, 0.15) is 107 Å². The van der Waals surface area contributed by atoms with Gasteiger partial charge in [0.05, 0.1) is 42.7 Å². The summed E-state index contributed by atoms with van der Waals surface area (Å²) in [5.41, 5.74) is 0.557. The highest BCUT2D eigenvalue weighted by atomic mass is 16.5. The van der Waals surface area contributed by atoms with Gasteiger partial charge in [-0.05, 0) is 63.5 Å². The molecule has 1 heterocycles. The molecular formula is C44H75N5O8. The van der Waals surface area contributed by atoms with Gasteiger partial charge in [0.15, 0.2) is 0 Å². The highest BCUT2D eigenvalue weighted by Crippen LogP contribution is 2.30. The lowest BCUT2D eigenvalue weighted by atomic mass is 9.89. The van der Waals surface area contributed by atoms with Crippen molar-refractivity contribution in [3.8, 4) is 0 Å². The van der Waals surface area contributed by atoms with Crippen LogP contribution in [0.4, 0.5) is 0 Å². The molecule has 4 amide bonds. The summed E-state index contributed by atoms with van der Waals surface area (Å²) in [6.07, 6.45) is 1.64. The van der Waals surface area contributed by atoms with Crippen LogP contribution < -0.4 is 10.6 Å². The van der Waals surface area contributed by atoms with E-state index in [1.165, 1.54) is 7.11 Å². The Labute approximate surface area is 343 Å². The van der Waals surface area contributed by atoms with Crippen molar-refractivity contribution in [3.05, 3.63) is 35.9 Å². The Balaban J connectivity index is 2.31. The molecule has 1 fully saturated rings. The first-order valence-electron chi connectivity index (χ1n) is 20.9. The molecule has 57 heavy (non-hydrogen) atoms. The lowest BCUT2D eigenvalue weighted by molar-refractivity contribution is -0.148. The van der Waals surface area contributed by atoms with Gasteiger partial charge < -0.3 is 35.0 Å². The second-order valence-corrected chi connectivity index (χ2v) is 17.4. The van der Waals surface area contributed by atoms with Crippen LogP contribution in [-0.2, 0) is 39.9 Å². The minimum Gasteiger partial charge on any atom is -0.480 e. The van der Waals surface area contributed by atoms with Gasteiger partial charge in [-0.1, -0.05) is 92.1 Å². The molecule has 0 bridgehead atoms. The smallest absolute Gasteiger partial charge is 0.326 e. The summed E-state index contributed by atoms with van der Waals surface area (Å²) in [6, 6.07) is 5.83. The number of carbonyl (C=O) groups excluding carboxylic acids is 4. The highest BCUT2D eigenvalue weighted by Gasteiger charge is 2.44. The first-order chi connectivity index (χ1) is 26.7. The van der Waals surface area contributed by atoms with Gasteiger partial charge >= 0.3 is 5.97 Å². The van der Waals surface area contributed by atoms with Crippen molar-refractivity contribution in [3.63, 3.8) is 0 Å². The topological polar surface area (TPSA) is 158 Å². The molecule has 1 saturated heterocycles. The summed E-state index contributed by atoms with van der Waals surface area (Å²) in [7, 11) is 6.74. The van der Waals surface area contributed by atoms with Gasteiger partial charge in [-0.3, -0.25) is 24.1 Å². The Bertz CT molecular complexity index is 1450. The Morgan fingerprint density at radius 3 is 2.02 bits per heavy atom. The first kappa shape index (κ1) is 49.6. The average Bonchev–Trinajstić information content (AvgIpc) is 3.65. The molecule has 3 N–H and O–H groups in total. The maximum absolute atomic E-state index is 14.5. The van der Waals surface area contributed by atoms with Crippen LogP contribution in [0.25, 0.3) is 0 Å². The average molecular weight is 802 g/mol. The van der Waals surface area contributed by atoms with Gasteiger partial charge in [-0.15, -0.1) is 0 Å². The van der Waals surface area contributed by atoms with Crippen molar-refractivity contribution in [2.24, 2.45) is 23.7 Å². The third-order valence-corrected chi connectivity index (χ3v) is 12.5. The van der Waals surface area contributed by atoms with E-state index < -0.39 is 60.2 Å². The molecule has 0 unspecified atom stereocenters. The van der Waals surface area contributed by atoms with Crippen LogP contribution in [0.5, 0.6) is 0 Å². The molecule has 0 radical (unpaired) electrons. The van der Waals surface area contributed by atoms with Crippen LogP contribution in [0, 0.1) is 23.7 Å². The monoisotopic (exact) mass is 802 g/mol. The molecule has 1 aromatic rings. The van der Waals surface area contributed by atoms with E-state index in [0.29, 0.717) is 25.8 Å². The molecule has 13 heteroatoms. The van der Waals surface area contributed by atoms with Gasteiger partial charge in [0.1, 0.15) is 12.1 Å². The van der Waals surface area contributed by atoms with Crippen molar-refractivity contribution < 1.29 is 38.6 Å². The van der Waals surface area contributed by atoms with Crippen LogP contribution in [0.3, 0.4) is 0 Å². The summed E-state index contributed by atoms with van der Waals surface area (Å²) in [5.74, 6) is -3.25. The molecule has 0 aromatic heterocycles. The zero-order valence-electron chi connectivity index (χ0n) is 37.3. The van der Waals surface area contributed by atoms with E-state index in [0.717, 1.165) is 12.0 Å². The summed E-state index contributed by atoms with van der Waals surface area (Å²) < 4.78 is 11.9. The molecule has 2 rings (SSSR count). The molecule has 0 aliphatic carbocycles. The Kier molecular flexibility index (Phi) is 19.6. The molecule has 1 aliphatic rings. The van der Waals surface area contributed by atoms with Crippen molar-refractivity contribution >= 4 is 29.6 Å². The van der Waals surface area contributed by atoms with Crippen LogP contribution in [-0.4, -0.2) is 132 Å². The highest BCUT2D eigenvalue weighted by molar-refractivity contribution is 5.90. The number of carboxylic acids is 1. The van der Waals surface area contributed by atoms with Gasteiger partial charge in [-0.2, -0.15) is 0 Å². The Morgan fingerprint density at radius 2 is 1.53 bits per heavy atom. The molecule has 1 aromatic carbocycles. The number of methoxy groups -OCH3 is 2. The lowest BCUT2D eigenvalue weighted by Gasteiger charge is -2.43. The van der Waals surface area contributed by atoms with E-state index in [1.54, 1.807) is 30.9 Å². The Hall–Kier alpha value is -3.55. The summed E-state index contributed by atoms with van der Waals surface area (Å²) in [6.45, 7) is 20.4. The minimum absolute atomic E-state index is 0.00371. The van der Waals surface area contributed by atoms with Gasteiger partial charge in [0.25, 0.3) is 0 Å². The molecule has 324 valence electrons. The van der Waals surface area contributed by atoms with E-state index in [4.69, 9.17) is 9.47 Å². The number of carboxylic acid groups (broad SMARTS) is 1. The number of hydrogen-bond donors (Lipinski definition) is 3. The van der Waals surface area contributed by atoms with E-state index in [9.17, 15) is 29.1 Å². The molecule has 1 aliphatic heterocycles. The quantitative estimate of drug-likeness (QED) is 0.139. The fraction of sp³-hybridized carbons (Fsp3) is 0.750. The number of ether oxygens (including phenoxy) is 2. The predicted molar refractivity (Wildman–Crippen MR) is 223 cm³/mol. The molecular weight excluding hydrogens is 727 g/mol. The van der Waals surface area contributed by atoms with Gasteiger partial charge in [0.2, 0.25) is 23.6 Å². The molecule has 0 saturated carbocycles. The number of hydrogen-bond acceptors (Lipinski definition) is 8. The van der Waals surface area contributed by atoms with Crippen LogP contribution >= 0.6 is 0 Å². The van der Waals surface area contributed by atoms with Crippen LogP contribution in [0.2, 0.25) is 0 Å². The Morgan fingerprint density at radius 1 is 0.912 bits per heavy atom. The van der Waals surface area contributed by atoms with E-state index in [1.807, 2.05) is 78.9 Å². The summed E-state index contributed by atoms with van der Waals surface area (Å²) in [5, 5.41) is 15.7. The number of likely N-dealkylation sites (N-methyl/N-ethyl adjacent to an activating group) is 2. The zero-order chi connectivity index (χ0) is 43.4. The normalized spacial score (nSPS) is 19.0. The number of amides is 4. The third-order valence-electron chi connectivity index (χ3n) is 12.5. The second-order valence-electron chi connectivity index (χ2n) is 17.4. The zero-order valence-corrected chi connectivity index (χ0v) is 37.3. The molecule has 9 atom stereocenters. The van der Waals surface area contributed by atoms with Crippen molar-refractivity contribution in [2.75, 3.05) is 34.9 Å². The van der Waals surface area contributed by atoms with Crippen LogP contribution in [0.15, 0.2) is 30.3 Å². The number of nitrogens with one attached hydrogen (secondary N) is 2. The van der Waals surface area contributed by atoms with Crippen molar-refractivity contribution in [1.82, 2.24) is 25.3 Å². The predicted octanol–water partition coefficient (Wildman–Crippen LogP) is 5.00. The van der Waals surface area contributed by atoms with Gasteiger partial charge in [0, 0.05) is 39.8 Å². The van der Waals surface area contributed by atoms with E-state index in [-0.39, 0.29) is 53.9 Å². The fourth-order valence-corrected chi connectivity index (χ4v) is 8.18.